The average Bonchev–Trinajstić information content (AvgIpc) is 2.70. The van der Waals surface area contributed by atoms with Gasteiger partial charge in [-0.2, -0.15) is 5.26 Å². The van der Waals surface area contributed by atoms with E-state index in [0.717, 1.165) is 23.3 Å². The topological polar surface area (TPSA) is 74.1 Å². The lowest BCUT2D eigenvalue weighted by molar-refractivity contribution is -0.117. The van der Waals surface area contributed by atoms with Crippen molar-refractivity contribution in [1.82, 2.24) is 10.6 Å². The van der Waals surface area contributed by atoms with Gasteiger partial charge >= 0.3 is 0 Å². The number of nitrogens with one attached hydrogen (secondary N) is 2. The van der Waals surface area contributed by atoms with Gasteiger partial charge in [0.15, 0.2) is 0 Å². The van der Waals surface area contributed by atoms with Crippen LogP contribution in [0.4, 0.5) is 0 Å². The Morgan fingerprint density at radius 1 is 1.25 bits per heavy atom. The van der Waals surface area contributed by atoms with Crippen LogP contribution in [0.15, 0.2) is 60.3 Å². The van der Waals surface area contributed by atoms with Crippen molar-refractivity contribution in [2.75, 3.05) is 13.2 Å². The molecule has 146 valence electrons. The first-order valence-corrected chi connectivity index (χ1v) is 9.47. The van der Waals surface area contributed by atoms with Gasteiger partial charge in [-0.3, -0.25) is 4.79 Å². The molecule has 2 aromatic rings. The third-order valence-electron chi connectivity index (χ3n) is 4.29. The molecule has 1 unspecified atom stereocenters. The molecule has 0 aromatic heterocycles. The number of aryl methyl sites for hydroxylation is 1. The number of benzene rings is 2. The van der Waals surface area contributed by atoms with Crippen molar-refractivity contribution in [2.45, 2.75) is 33.2 Å². The minimum Gasteiger partial charge on any atom is -0.494 e. The van der Waals surface area contributed by atoms with Crippen molar-refractivity contribution in [3.05, 3.63) is 77.0 Å². The molecular formula is C23H27N3O2. The maximum Gasteiger partial charge on any atom is 0.263 e. The number of carbonyl (C=O) groups is 1. The lowest BCUT2D eigenvalue weighted by Crippen LogP contribution is -2.29. The van der Waals surface area contributed by atoms with E-state index in [4.69, 9.17) is 4.74 Å². The molecule has 0 fully saturated rings. The lowest BCUT2D eigenvalue weighted by atomic mass is 10.0. The van der Waals surface area contributed by atoms with Crippen LogP contribution in [0.3, 0.4) is 0 Å². The Morgan fingerprint density at radius 2 is 2.00 bits per heavy atom. The van der Waals surface area contributed by atoms with Crippen LogP contribution in [0.2, 0.25) is 0 Å². The first-order valence-electron chi connectivity index (χ1n) is 9.47. The monoisotopic (exact) mass is 377 g/mol. The normalized spacial score (nSPS) is 12.0. The van der Waals surface area contributed by atoms with Gasteiger partial charge < -0.3 is 15.4 Å². The van der Waals surface area contributed by atoms with Crippen LogP contribution in [0.1, 0.15) is 36.6 Å². The number of rotatable bonds is 9. The first-order chi connectivity index (χ1) is 13.5. The molecule has 0 heterocycles. The fraction of sp³-hybridized carbons (Fsp3) is 0.304. The maximum atomic E-state index is 12.5. The standard InChI is InChI=1S/C23H27N3O2/c1-4-28-22-11-10-17(2)14-21(22)18(3)26-23(27)20(15-24)16-25-13-12-19-8-6-5-7-9-19/h5-11,14,16,18,25H,4,12-13H2,1-3H3,(H,26,27)/b20-16-. The van der Waals surface area contributed by atoms with E-state index in [1.54, 1.807) is 0 Å². The van der Waals surface area contributed by atoms with Gasteiger partial charge in [-0.25, -0.2) is 0 Å². The van der Waals surface area contributed by atoms with Gasteiger partial charge in [0, 0.05) is 18.3 Å². The third kappa shape index (κ3) is 6.17. The summed E-state index contributed by atoms with van der Waals surface area (Å²) < 4.78 is 5.66. The Balaban J connectivity index is 1.97. The van der Waals surface area contributed by atoms with Gasteiger partial charge in [0.1, 0.15) is 17.4 Å². The summed E-state index contributed by atoms with van der Waals surface area (Å²) >= 11 is 0. The smallest absolute Gasteiger partial charge is 0.263 e. The average molecular weight is 377 g/mol. The van der Waals surface area contributed by atoms with Crippen molar-refractivity contribution in [1.29, 1.82) is 5.26 Å². The number of nitrogens with zero attached hydrogens (tertiary/aromatic N) is 1. The first kappa shape index (κ1) is 21.0. The van der Waals surface area contributed by atoms with E-state index >= 15 is 0 Å². The maximum absolute atomic E-state index is 12.5. The van der Waals surface area contributed by atoms with E-state index in [2.05, 4.69) is 10.6 Å². The minimum absolute atomic E-state index is 0.0468. The molecule has 0 aliphatic heterocycles. The van der Waals surface area contributed by atoms with Crippen LogP contribution in [0, 0.1) is 18.3 Å². The molecule has 1 atom stereocenters. The molecule has 0 radical (unpaired) electrons. The van der Waals surface area contributed by atoms with E-state index < -0.39 is 5.91 Å². The molecular weight excluding hydrogens is 350 g/mol. The molecule has 0 aliphatic carbocycles. The highest BCUT2D eigenvalue weighted by Gasteiger charge is 2.17. The van der Waals surface area contributed by atoms with Crippen LogP contribution in [-0.2, 0) is 11.2 Å². The molecule has 0 saturated heterocycles. The van der Waals surface area contributed by atoms with Gasteiger partial charge in [0.2, 0.25) is 0 Å². The molecule has 5 nitrogen and oxygen atoms in total. The van der Waals surface area contributed by atoms with Gasteiger partial charge in [0.25, 0.3) is 5.91 Å². The molecule has 0 bridgehead atoms. The Morgan fingerprint density at radius 3 is 2.68 bits per heavy atom. The Bertz CT molecular complexity index is 854. The van der Waals surface area contributed by atoms with Crippen molar-refractivity contribution < 1.29 is 9.53 Å². The van der Waals surface area contributed by atoms with E-state index in [-0.39, 0.29) is 11.6 Å². The van der Waals surface area contributed by atoms with E-state index in [0.29, 0.717) is 13.2 Å². The summed E-state index contributed by atoms with van der Waals surface area (Å²) in [6.45, 7) is 6.98. The van der Waals surface area contributed by atoms with E-state index in [1.165, 1.54) is 11.8 Å². The number of carbonyl (C=O) groups excluding carboxylic acids is 1. The van der Waals surface area contributed by atoms with Crippen molar-refractivity contribution in [3.8, 4) is 11.8 Å². The summed E-state index contributed by atoms with van der Waals surface area (Å²) in [4.78, 5) is 12.5. The summed E-state index contributed by atoms with van der Waals surface area (Å²) in [6.07, 6.45) is 2.29. The molecule has 0 aliphatic rings. The highest BCUT2D eigenvalue weighted by atomic mass is 16.5. The molecule has 0 saturated carbocycles. The SMILES string of the molecule is CCOc1ccc(C)cc1C(C)NC(=O)/C(C#N)=C\NCCc1ccccc1. The van der Waals surface area contributed by atoms with Crippen molar-refractivity contribution in [2.24, 2.45) is 0 Å². The number of ether oxygens (including phenoxy) is 1. The molecule has 2 aromatic carbocycles. The van der Waals surface area contributed by atoms with Crippen LogP contribution in [-0.4, -0.2) is 19.1 Å². The third-order valence-corrected chi connectivity index (χ3v) is 4.29. The Kier molecular flexibility index (Phi) is 8.11. The summed E-state index contributed by atoms with van der Waals surface area (Å²) in [5.41, 5.74) is 3.22. The summed E-state index contributed by atoms with van der Waals surface area (Å²) in [6, 6.07) is 17.6. The second kappa shape index (κ2) is 10.8. The number of amides is 1. The van der Waals surface area contributed by atoms with Gasteiger partial charge in [-0.15, -0.1) is 0 Å². The number of nitriles is 1. The highest BCUT2D eigenvalue weighted by molar-refractivity contribution is 5.97. The predicted molar refractivity (Wildman–Crippen MR) is 111 cm³/mol. The minimum atomic E-state index is -0.411. The molecule has 5 heteroatoms. The number of hydrogen-bond acceptors (Lipinski definition) is 4. The largest absolute Gasteiger partial charge is 0.494 e. The zero-order chi connectivity index (χ0) is 20.4. The lowest BCUT2D eigenvalue weighted by Gasteiger charge is -2.18. The van der Waals surface area contributed by atoms with Gasteiger partial charge in [0.05, 0.1) is 12.6 Å². The zero-order valence-electron chi connectivity index (χ0n) is 16.7. The molecule has 0 spiro atoms. The quantitative estimate of drug-likeness (QED) is 0.396. The second-order valence-corrected chi connectivity index (χ2v) is 6.53. The van der Waals surface area contributed by atoms with E-state index in [9.17, 15) is 10.1 Å². The van der Waals surface area contributed by atoms with Gasteiger partial charge in [-0.05, 0) is 38.8 Å². The summed E-state index contributed by atoms with van der Waals surface area (Å²) in [5.74, 6) is 0.329. The van der Waals surface area contributed by atoms with Crippen LogP contribution in [0.5, 0.6) is 5.75 Å². The van der Waals surface area contributed by atoms with Crippen LogP contribution in [0.25, 0.3) is 0 Å². The number of hydrogen-bond donors (Lipinski definition) is 2. The zero-order valence-corrected chi connectivity index (χ0v) is 16.7. The molecule has 2 rings (SSSR count). The Labute approximate surface area is 167 Å². The fourth-order valence-electron chi connectivity index (χ4n) is 2.83. The predicted octanol–water partition coefficient (Wildman–Crippen LogP) is 3.81. The Hall–Kier alpha value is -3.26. The fourth-order valence-corrected chi connectivity index (χ4v) is 2.83. The van der Waals surface area contributed by atoms with Crippen LogP contribution >= 0.6 is 0 Å². The van der Waals surface area contributed by atoms with Crippen molar-refractivity contribution >= 4 is 5.91 Å². The van der Waals surface area contributed by atoms with E-state index in [1.807, 2.05) is 75.4 Å². The molecule has 2 N–H and O–H groups in total. The van der Waals surface area contributed by atoms with Crippen molar-refractivity contribution in [3.63, 3.8) is 0 Å². The van der Waals surface area contributed by atoms with Crippen LogP contribution < -0.4 is 15.4 Å². The molecule has 1 amide bonds. The summed E-state index contributed by atoms with van der Waals surface area (Å²) in [7, 11) is 0. The summed E-state index contributed by atoms with van der Waals surface area (Å²) in [5, 5.41) is 15.3. The second-order valence-electron chi connectivity index (χ2n) is 6.53. The molecule has 28 heavy (non-hydrogen) atoms. The highest BCUT2D eigenvalue weighted by Crippen LogP contribution is 2.26. The van der Waals surface area contributed by atoms with Gasteiger partial charge in [-0.1, -0.05) is 48.0 Å².